The second-order valence-corrected chi connectivity index (χ2v) is 7.30. The SMILES string of the molecule is CCC1(c2ccc(F)cc2)NC(=O)N(CC(=O)NCCC2=CCCCC2)C1=O. The highest BCUT2D eigenvalue weighted by atomic mass is 19.1. The van der Waals surface area contributed by atoms with E-state index in [1.54, 1.807) is 6.92 Å². The average Bonchev–Trinajstić information content (AvgIpc) is 2.94. The molecule has 0 saturated carbocycles. The molecule has 0 radical (unpaired) electrons. The van der Waals surface area contributed by atoms with E-state index in [2.05, 4.69) is 16.7 Å². The minimum absolute atomic E-state index is 0.301. The van der Waals surface area contributed by atoms with Crippen LogP contribution in [0.4, 0.5) is 9.18 Å². The van der Waals surface area contributed by atoms with Gasteiger partial charge in [-0.3, -0.25) is 14.5 Å². The van der Waals surface area contributed by atoms with E-state index in [1.165, 1.54) is 42.7 Å². The lowest BCUT2D eigenvalue weighted by Crippen LogP contribution is -2.45. The topological polar surface area (TPSA) is 78.5 Å². The molecule has 7 heteroatoms. The molecule has 6 nitrogen and oxygen atoms in total. The van der Waals surface area contributed by atoms with Crippen LogP contribution in [0, 0.1) is 5.82 Å². The molecular formula is C21H26FN3O3. The summed E-state index contributed by atoms with van der Waals surface area (Å²) in [4.78, 5) is 38.5. The van der Waals surface area contributed by atoms with Crippen LogP contribution in [0.5, 0.6) is 0 Å². The number of benzene rings is 1. The van der Waals surface area contributed by atoms with E-state index in [1.807, 2.05) is 0 Å². The van der Waals surface area contributed by atoms with Crippen molar-refractivity contribution in [3.05, 3.63) is 47.3 Å². The molecule has 1 aromatic rings. The van der Waals surface area contributed by atoms with Gasteiger partial charge in [0.2, 0.25) is 5.91 Å². The number of imide groups is 1. The second kappa shape index (κ2) is 8.54. The van der Waals surface area contributed by atoms with E-state index >= 15 is 0 Å². The normalized spacial score (nSPS) is 22.1. The van der Waals surface area contributed by atoms with Crippen molar-refractivity contribution in [2.75, 3.05) is 13.1 Å². The number of urea groups is 1. The van der Waals surface area contributed by atoms with Crippen LogP contribution in [-0.2, 0) is 15.1 Å². The molecule has 1 atom stereocenters. The first-order valence-corrected chi connectivity index (χ1v) is 9.81. The molecule has 0 aromatic heterocycles. The first-order chi connectivity index (χ1) is 13.5. The lowest BCUT2D eigenvalue weighted by Gasteiger charge is -2.25. The van der Waals surface area contributed by atoms with Gasteiger partial charge in [-0.1, -0.05) is 30.7 Å². The van der Waals surface area contributed by atoms with E-state index < -0.39 is 23.3 Å². The van der Waals surface area contributed by atoms with E-state index in [9.17, 15) is 18.8 Å². The maximum Gasteiger partial charge on any atom is 0.325 e. The fraction of sp³-hybridized carbons (Fsp3) is 0.476. The Bertz CT molecular complexity index is 791. The summed E-state index contributed by atoms with van der Waals surface area (Å²) in [5.41, 5.74) is 0.586. The van der Waals surface area contributed by atoms with Gasteiger partial charge in [0.05, 0.1) is 0 Å². The molecule has 1 saturated heterocycles. The summed E-state index contributed by atoms with van der Waals surface area (Å²) in [6.45, 7) is 1.93. The molecule has 150 valence electrons. The standard InChI is InChI=1S/C21H26FN3O3/c1-2-21(16-8-10-17(22)11-9-16)19(27)25(20(28)24-21)14-18(26)23-13-12-15-6-4-3-5-7-15/h6,8-11H,2-5,7,12-14H2,1H3,(H,23,26)(H,24,28). The molecule has 2 aliphatic rings. The van der Waals surface area contributed by atoms with Crippen molar-refractivity contribution < 1.29 is 18.8 Å². The lowest BCUT2D eigenvalue weighted by molar-refractivity contribution is -0.135. The molecule has 1 aromatic carbocycles. The number of rotatable bonds is 7. The molecule has 0 spiro atoms. The van der Waals surface area contributed by atoms with Crippen LogP contribution < -0.4 is 10.6 Å². The minimum atomic E-state index is -1.27. The average molecular weight is 387 g/mol. The minimum Gasteiger partial charge on any atom is -0.354 e. The highest BCUT2D eigenvalue weighted by molar-refractivity contribution is 6.09. The summed E-state index contributed by atoms with van der Waals surface area (Å²) in [7, 11) is 0. The van der Waals surface area contributed by atoms with Gasteiger partial charge in [-0.15, -0.1) is 0 Å². The largest absolute Gasteiger partial charge is 0.354 e. The number of nitrogens with zero attached hydrogens (tertiary/aromatic N) is 1. The maximum absolute atomic E-state index is 13.2. The fourth-order valence-electron chi connectivity index (χ4n) is 3.84. The molecule has 1 aliphatic heterocycles. The number of allylic oxidation sites excluding steroid dienone is 1. The van der Waals surface area contributed by atoms with E-state index in [0.29, 0.717) is 18.5 Å². The van der Waals surface area contributed by atoms with Crippen LogP contribution in [0.1, 0.15) is 51.0 Å². The Labute approximate surface area is 164 Å². The monoisotopic (exact) mass is 387 g/mol. The van der Waals surface area contributed by atoms with Gasteiger partial charge in [0, 0.05) is 6.54 Å². The van der Waals surface area contributed by atoms with Gasteiger partial charge < -0.3 is 10.6 Å². The van der Waals surface area contributed by atoms with Crippen LogP contribution in [-0.4, -0.2) is 35.8 Å². The molecule has 3 rings (SSSR count). The maximum atomic E-state index is 13.2. The van der Waals surface area contributed by atoms with Crippen LogP contribution in [0.15, 0.2) is 35.9 Å². The predicted molar refractivity (Wildman–Crippen MR) is 103 cm³/mol. The fourth-order valence-corrected chi connectivity index (χ4v) is 3.84. The van der Waals surface area contributed by atoms with E-state index in [0.717, 1.165) is 24.2 Å². The Morgan fingerprint density at radius 3 is 2.64 bits per heavy atom. The number of carbonyl (C=O) groups excluding carboxylic acids is 3. The van der Waals surface area contributed by atoms with Crippen molar-refractivity contribution in [3.8, 4) is 0 Å². The van der Waals surface area contributed by atoms with Crippen molar-refractivity contribution >= 4 is 17.8 Å². The first-order valence-electron chi connectivity index (χ1n) is 9.81. The smallest absolute Gasteiger partial charge is 0.325 e. The Kier molecular flexibility index (Phi) is 6.11. The van der Waals surface area contributed by atoms with Gasteiger partial charge in [-0.05, 0) is 56.2 Å². The summed E-state index contributed by atoms with van der Waals surface area (Å²) in [5.74, 6) is -1.28. The van der Waals surface area contributed by atoms with Crippen molar-refractivity contribution in [2.45, 2.75) is 51.0 Å². The van der Waals surface area contributed by atoms with Gasteiger partial charge in [0.1, 0.15) is 17.9 Å². The molecule has 2 N–H and O–H groups in total. The highest BCUT2D eigenvalue weighted by Crippen LogP contribution is 2.32. The number of halogens is 1. The van der Waals surface area contributed by atoms with Crippen molar-refractivity contribution in [1.82, 2.24) is 15.5 Å². The zero-order valence-electron chi connectivity index (χ0n) is 16.1. The number of amides is 4. The lowest BCUT2D eigenvalue weighted by atomic mass is 9.87. The third-order valence-corrected chi connectivity index (χ3v) is 5.50. The molecule has 1 fully saturated rings. The Morgan fingerprint density at radius 2 is 2.00 bits per heavy atom. The molecule has 1 heterocycles. The Morgan fingerprint density at radius 1 is 1.25 bits per heavy atom. The number of hydrogen-bond donors (Lipinski definition) is 2. The highest BCUT2D eigenvalue weighted by Gasteiger charge is 2.51. The summed E-state index contributed by atoms with van der Waals surface area (Å²) >= 11 is 0. The zero-order chi connectivity index (χ0) is 20.1. The van der Waals surface area contributed by atoms with Gasteiger partial charge in [-0.25, -0.2) is 9.18 Å². The molecule has 4 amide bonds. The summed E-state index contributed by atoms with van der Waals surface area (Å²) in [6, 6.07) is 4.86. The summed E-state index contributed by atoms with van der Waals surface area (Å²) in [6.07, 6.45) is 7.88. The van der Waals surface area contributed by atoms with Gasteiger partial charge >= 0.3 is 6.03 Å². The van der Waals surface area contributed by atoms with Crippen LogP contribution in [0.3, 0.4) is 0 Å². The summed E-state index contributed by atoms with van der Waals surface area (Å²) in [5, 5.41) is 5.48. The van der Waals surface area contributed by atoms with Crippen molar-refractivity contribution in [1.29, 1.82) is 0 Å². The number of carbonyl (C=O) groups is 3. The Hall–Kier alpha value is -2.70. The molecule has 1 unspecified atom stereocenters. The molecule has 1 aliphatic carbocycles. The zero-order valence-corrected chi connectivity index (χ0v) is 16.1. The van der Waals surface area contributed by atoms with Gasteiger partial charge in [-0.2, -0.15) is 0 Å². The van der Waals surface area contributed by atoms with Gasteiger partial charge in [0.15, 0.2) is 0 Å². The molecular weight excluding hydrogens is 361 g/mol. The van der Waals surface area contributed by atoms with Crippen LogP contribution >= 0.6 is 0 Å². The molecule has 28 heavy (non-hydrogen) atoms. The third kappa shape index (κ3) is 4.08. The third-order valence-electron chi connectivity index (χ3n) is 5.50. The van der Waals surface area contributed by atoms with Crippen LogP contribution in [0.25, 0.3) is 0 Å². The predicted octanol–water partition coefficient (Wildman–Crippen LogP) is 2.99. The van der Waals surface area contributed by atoms with Crippen molar-refractivity contribution in [3.63, 3.8) is 0 Å². The molecule has 0 bridgehead atoms. The van der Waals surface area contributed by atoms with Crippen molar-refractivity contribution in [2.24, 2.45) is 0 Å². The number of nitrogens with one attached hydrogen (secondary N) is 2. The van der Waals surface area contributed by atoms with Gasteiger partial charge in [0.25, 0.3) is 5.91 Å². The number of hydrogen-bond acceptors (Lipinski definition) is 3. The van der Waals surface area contributed by atoms with Crippen LogP contribution in [0.2, 0.25) is 0 Å². The quantitative estimate of drug-likeness (QED) is 0.558. The van der Waals surface area contributed by atoms with E-state index in [4.69, 9.17) is 0 Å². The first kappa shape index (κ1) is 20.0. The summed E-state index contributed by atoms with van der Waals surface area (Å²) < 4.78 is 13.2. The van der Waals surface area contributed by atoms with E-state index in [-0.39, 0.29) is 12.5 Å². The Balaban J connectivity index is 1.61. The second-order valence-electron chi connectivity index (χ2n) is 7.30.